The minimum atomic E-state index is -0.480. The van der Waals surface area contributed by atoms with E-state index in [4.69, 9.17) is 4.74 Å². The molecular formula is C30H39FN4O5. The third-order valence-corrected chi connectivity index (χ3v) is 7.80. The van der Waals surface area contributed by atoms with Gasteiger partial charge in [0, 0.05) is 36.8 Å². The second-order valence-corrected chi connectivity index (χ2v) is 11.0. The highest BCUT2D eigenvalue weighted by Crippen LogP contribution is 2.32. The number of halogens is 1. The predicted molar refractivity (Wildman–Crippen MR) is 151 cm³/mol. The first-order chi connectivity index (χ1) is 19.2. The number of nitrogens with zero attached hydrogens (tertiary/aromatic N) is 2. The van der Waals surface area contributed by atoms with E-state index in [-0.39, 0.29) is 48.4 Å². The van der Waals surface area contributed by atoms with Crippen molar-refractivity contribution in [3.05, 3.63) is 53.8 Å². The molecule has 10 heteroatoms. The zero-order valence-electron chi connectivity index (χ0n) is 23.4. The van der Waals surface area contributed by atoms with Crippen molar-refractivity contribution in [2.24, 2.45) is 11.8 Å². The molecule has 3 N–H and O–H groups in total. The van der Waals surface area contributed by atoms with Crippen molar-refractivity contribution in [1.29, 1.82) is 0 Å². The summed E-state index contributed by atoms with van der Waals surface area (Å²) in [6.07, 6.45) is 4.48. The van der Waals surface area contributed by atoms with Gasteiger partial charge in [-0.05, 0) is 62.2 Å². The first-order valence-corrected chi connectivity index (χ1v) is 14.0. The number of amides is 4. The smallest absolute Gasteiger partial charge is 0.321 e. The number of aliphatic hydroxyl groups is 1. The van der Waals surface area contributed by atoms with Crippen LogP contribution in [-0.2, 0) is 4.79 Å². The van der Waals surface area contributed by atoms with Crippen LogP contribution in [0.4, 0.5) is 20.6 Å². The van der Waals surface area contributed by atoms with Crippen LogP contribution in [0.3, 0.4) is 0 Å². The Bertz CT molecular complexity index is 1200. The van der Waals surface area contributed by atoms with Gasteiger partial charge in [0.25, 0.3) is 5.91 Å². The number of benzene rings is 2. The van der Waals surface area contributed by atoms with Crippen molar-refractivity contribution in [2.45, 2.75) is 58.1 Å². The summed E-state index contributed by atoms with van der Waals surface area (Å²) in [6, 6.07) is 9.71. The van der Waals surface area contributed by atoms with E-state index in [2.05, 4.69) is 10.6 Å². The standard InChI is InChI=1S/C30H39FN4O5/c1-19-16-35(20(2)18-36)29(38)25-15-24(32-28(37)21-7-5-4-6-8-21)13-14-26(25)40-27(19)17-34(3)30(39)33-23-11-9-22(31)10-12-23/h9-15,19-21,27,36H,4-8,16-18H2,1-3H3,(H,32,37)(H,33,39)/t19-,20-,27+/m1/s1. The van der Waals surface area contributed by atoms with Crippen LogP contribution in [0.5, 0.6) is 5.75 Å². The van der Waals surface area contributed by atoms with Gasteiger partial charge in [-0.1, -0.05) is 26.2 Å². The number of urea groups is 1. The molecule has 40 heavy (non-hydrogen) atoms. The molecule has 0 saturated heterocycles. The zero-order valence-corrected chi connectivity index (χ0v) is 23.4. The average molecular weight is 555 g/mol. The van der Waals surface area contributed by atoms with Crippen LogP contribution in [0.25, 0.3) is 0 Å². The Balaban J connectivity index is 1.55. The molecule has 1 aliphatic carbocycles. The first-order valence-electron chi connectivity index (χ1n) is 14.0. The van der Waals surface area contributed by atoms with Crippen LogP contribution in [0.2, 0.25) is 0 Å². The van der Waals surface area contributed by atoms with E-state index >= 15 is 0 Å². The van der Waals surface area contributed by atoms with Gasteiger partial charge in [0.15, 0.2) is 0 Å². The minimum absolute atomic E-state index is 0.0320. The maximum absolute atomic E-state index is 13.7. The molecule has 0 unspecified atom stereocenters. The first kappa shape index (κ1) is 29.3. The lowest BCUT2D eigenvalue weighted by Crippen LogP contribution is -2.50. The Labute approximate surface area is 234 Å². The van der Waals surface area contributed by atoms with Gasteiger partial charge in [-0.2, -0.15) is 0 Å². The van der Waals surface area contributed by atoms with Crippen LogP contribution in [0, 0.1) is 17.7 Å². The van der Waals surface area contributed by atoms with E-state index in [1.807, 2.05) is 6.92 Å². The number of hydrogen-bond donors (Lipinski definition) is 3. The maximum atomic E-state index is 13.7. The molecule has 3 atom stereocenters. The Morgan fingerprint density at radius 3 is 2.45 bits per heavy atom. The van der Waals surface area contributed by atoms with E-state index in [9.17, 15) is 23.9 Å². The van der Waals surface area contributed by atoms with Crippen molar-refractivity contribution in [1.82, 2.24) is 9.80 Å². The van der Waals surface area contributed by atoms with E-state index in [1.165, 1.54) is 29.2 Å². The molecule has 1 saturated carbocycles. The third kappa shape index (κ3) is 7.10. The van der Waals surface area contributed by atoms with Gasteiger partial charge < -0.3 is 30.3 Å². The summed E-state index contributed by atoms with van der Waals surface area (Å²) in [5, 5.41) is 15.6. The maximum Gasteiger partial charge on any atom is 0.321 e. The van der Waals surface area contributed by atoms with Crippen molar-refractivity contribution in [3.63, 3.8) is 0 Å². The Kier molecular flexibility index (Phi) is 9.63. The molecule has 216 valence electrons. The molecule has 0 spiro atoms. The molecule has 1 heterocycles. The van der Waals surface area contributed by atoms with Crippen LogP contribution < -0.4 is 15.4 Å². The van der Waals surface area contributed by atoms with Crippen LogP contribution in [0.15, 0.2) is 42.5 Å². The van der Waals surface area contributed by atoms with Gasteiger partial charge in [0.2, 0.25) is 5.91 Å². The van der Waals surface area contributed by atoms with Crippen molar-refractivity contribution >= 4 is 29.2 Å². The van der Waals surface area contributed by atoms with Crippen LogP contribution in [-0.4, -0.2) is 71.6 Å². The monoisotopic (exact) mass is 554 g/mol. The van der Waals surface area contributed by atoms with Crippen LogP contribution in [0.1, 0.15) is 56.3 Å². The fourth-order valence-corrected chi connectivity index (χ4v) is 5.23. The fourth-order valence-electron chi connectivity index (χ4n) is 5.23. The minimum Gasteiger partial charge on any atom is -0.487 e. The lowest BCUT2D eigenvalue weighted by Gasteiger charge is -2.38. The third-order valence-electron chi connectivity index (χ3n) is 7.80. The van der Waals surface area contributed by atoms with Gasteiger partial charge in [0.1, 0.15) is 17.7 Å². The Morgan fingerprint density at radius 2 is 1.77 bits per heavy atom. The van der Waals surface area contributed by atoms with E-state index < -0.39 is 18.0 Å². The normalized spacial score (nSPS) is 20.4. The number of likely N-dealkylation sites (N-methyl/N-ethyl adjacent to an activating group) is 1. The van der Waals surface area contributed by atoms with Gasteiger partial charge in [-0.15, -0.1) is 0 Å². The molecule has 1 fully saturated rings. The van der Waals surface area contributed by atoms with Crippen molar-refractivity contribution in [2.75, 3.05) is 37.4 Å². The largest absolute Gasteiger partial charge is 0.487 e. The molecule has 2 aromatic rings. The molecule has 9 nitrogen and oxygen atoms in total. The highest BCUT2D eigenvalue weighted by Gasteiger charge is 2.34. The predicted octanol–water partition coefficient (Wildman–Crippen LogP) is 4.73. The molecule has 1 aliphatic heterocycles. The molecule has 0 bridgehead atoms. The SMILES string of the molecule is C[C@@H]1CN([C@H](C)CO)C(=O)c2cc(NC(=O)C3CCCCC3)ccc2O[C@H]1CN(C)C(=O)Nc1ccc(F)cc1. The van der Waals surface area contributed by atoms with Gasteiger partial charge in [-0.25, -0.2) is 9.18 Å². The summed E-state index contributed by atoms with van der Waals surface area (Å²) in [5.41, 5.74) is 1.27. The summed E-state index contributed by atoms with van der Waals surface area (Å²) < 4.78 is 19.6. The summed E-state index contributed by atoms with van der Waals surface area (Å²) >= 11 is 0. The van der Waals surface area contributed by atoms with Gasteiger partial charge >= 0.3 is 6.03 Å². The molecule has 0 radical (unpaired) electrons. The van der Waals surface area contributed by atoms with Gasteiger partial charge in [-0.3, -0.25) is 9.59 Å². The average Bonchev–Trinajstić information content (AvgIpc) is 2.96. The van der Waals surface area contributed by atoms with Crippen molar-refractivity contribution in [3.8, 4) is 5.75 Å². The summed E-state index contributed by atoms with van der Waals surface area (Å²) in [4.78, 5) is 42.5. The van der Waals surface area contributed by atoms with Gasteiger partial charge in [0.05, 0.1) is 24.8 Å². The summed E-state index contributed by atoms with van der Waals surface area (Å²) in [5.74, 6) is -0.597. The number of carbonyl (C=O) groups is 3. The van der Waals surface area contributed by atoms with E-state index in [1.54, 1.807) is 37.1 Å². The highest BCUT2D eigenvalue weighted by molar-refractivity contribution is 6.00. The van der Waals surface area contributed by atoms with Crippen molar-refractivity contribution < 1.29 is 28.6 Å². The molecule has 0 aromatic heterocycles. The quantitative estimate of drug-likeness (QED) is 0.458. The second-order valence-electron chi connectivity index (χ2n) is 11.0. The Morgan fingerprint density at radius 1 is 1.10 bits per heavy atom. The number of hydrogen-bond acceptors (Lipinski definition) is 5. The molecule has 2 aliphatic rings. The molecule has 2 aromatic carbocycles. The number of fused-ring (bicyclic) bond motifs is 1. The fraction of sp³-hybridized carbons (Fsp3) is 0.500. The number of nitrogens with one attached hydrogen (secondary N) is 2. The lowest BCUT2D eigenvalue weighted by molar-refractivity contribution is -0.120. The highest BCUT2D eigenvalue weighted by atomic mass is 19.1. The summed E-state index contributed by atoms with van der Waals surface area (Å²) in [6.45, 7) is 4.01. The molecule has 4 rings (SSSR count). The van der Waals surface area contributed by atoms with E-state index in [0.717, 1.165) is 32.1 Å². The zero-order chi connectivity index (χ0) is 28.8. The number of aliphatic hydroxyl groups excluding tert-OH is 1. The number of rotatable bonds is 7. The number of carbonyl (C=O) groups excluding carboxylic acids is 3. The second kappa shape index (κ2) is 13.1. The molecular weight excluding hydrogens is 515 g/mol. The van der Waals surface area contributed by atoms with Crippen LogP contribution >= 0.6 is 0 Å². The topological polar surface area (TPSA) is 111 Å². The number of anilines is 2. The lowest BCUT2D eigenvalue weighted by atomic mass is 9.88. The molecule has 4 amide bonds. The Hall–Kier alpha value is -3.66. The summed E-state index contributed by atoms with van der Waals surface area (Å²) in [7, 11) is 1.64. The number of ether oxygens (including phenoxy) is 1. The van der Waals surface area contributed by atoms with E-state index in [0.29, 0.717) is 23.7 Å².